The molecule has 20 heavy (non-hydrogen) atoms. The molecule has 0 unspecified atom stereocenters. The van der Waals surface area contributed by atoms with Gasteiger partial charge >= 0.3 is 0 Å². The van der Waals surface area contributed by atoms with Gasteiger partial charge in [-0.3, -0.25) is 10.1 Å². The van der Waals surface area contributed by atoms with Crippen LogP contribution in [0.15, 0.2) is 36.9 Å². The lowest BCUT2D eigenvalue weighted by Gasteiger charge is -2.09. The van der Waals surface area contributed by atoms with Gasteiger partial charge in [0.1, 0.15) is 5.75 Å². The summed E-state index contributed by atoms with van der Waals surface area (Å²) in [6, 6.07) is 4.59. The van der Waals surface area contributed by atoms with Crippen LogP contribution >= 0.6 is 0 Å². The van der Waals surface area contributed by atoms with Gasteiger partial charge in [0.05, 0.1) is 18.4 Å². The Kier molecular flexibility index (Phi) is 4.67. The number of non-ortho nitro benzene ring substituents is 1. The second kappa shape index (κ2) is 6.67. The van der Waals surface area contributed by atoms with Crippen molar-refractivity contribution in [1.82, 2.24) is 14.9 Å². The normalized spacial score (nSPS) is 10.4. The summed E-state index contributed by atoms with van der Waals surface area (Å²) in [6.45, 7) is 2.04. The zero-order valence-corrected chi connectivity index (χ0v) is 11.2. The third-order valence-electron chi connectivity index (χ3n) is 2.90. The summed E-state index contributed by atoms with van der Waals surface area (Å²) < 4.78 is 7.16. The summed E-state index contributed by atoms with van der Waals surface area (Å²) in [4.78, 5) is 14.3. The van der Waals surface area contributed by atoms with E-state index in [1.54, 1.807) is 25.7 Å². The summed E-state index contributed by atoms with van der Waals surface area (Å²) in [7, 11) is 1.55. The topological polar surface area (TPSA) is 82.2 Å². The van der Waals surface area contributed by atoms with Crippen molar-refractivity contribution in [3.05, 3.63) is 52.6 Å². The monoisotopic (exact) mass is 276 g/mol. The van der Waals surface area contributed by atoms with E-state index in [1.807, 2.05) is 10.8 Å². The number of nitro benzene ring substituents is 1. The Morgan fingerprint density at radius 3 is 3.00 bits per heavy atom. The minimum atomic E-state index is -0.408. The lowest BCUT2D eigenvalue weighted by atomic mass is 10.1. The van der Waals surface area contributed by atoms with Gasteiger partial charge in [-0.05, 0) is 6.07 Å². The van der Waals surface area contributed by atoms with Crippen LogP contribution in [0.2, 0.25) is 0 Å². The third kappa shape index (κ3) is 3.55. The van der Waals surface area contributed by atoms with Crippen LogP contribution in [-0.4, -0.2) is 28.1 Å². The molecule has 2 rings (SSSR count). The van der Waals surface area contributed by atoms with E-state index in [-0.39, 0.29) is 5.69 Å². The van der Waals surface area contributed by atoms with Crippen LogP contribution in [0.4, 0.5) is 5.69 Å². The van der Waals surface area contributed by atoms with Gasteiger partial charge in [-0.1, -0.05) is 0 Å². The van der Waals surface area contributed by atoms with Crippen molar-refractivity contribution in [2.24, 2.45) is 0 Å². The highest BCUT2D eigenvalue weighted by Crippen LogP contribution is 2.23. The zero-order valence-electron chi connectivity index (χ0n) is 11.2. The molecule has 0 atom stereocenters. The van der Waals surface area contributed by atoms with E-state index >= 15 is 0 Å². The molecule has 2 aromatic rings. The summed E-state index contributed by atoms with van der Waals surface area (Å²) in [5, 5.41) is 14.0. The van der Waals surface area contributed by atoms with E-state index in [4.69, 9.17) is 4.74 Å². The van der Waals surface area contributed by atoms with Crippen LogP contribution in [0, 0.1) is 10.1 Å². The minimum Gasteiger partial charge on any atom is -0.496 e. The van der Waals surface area contributed by atoms with Gasteiger partial charge < -0.3 is 14.6 Å². The number of methoxy groups -OCH3 is 1. The number of hydrogen-bond acceptors (Lipinski definition) is 5. The fraction of sp³-hybridized carbons (Fsp3) is 0.308. The first-order valence-corrected chi connectivity index (χ1v) is 6.18. The summed E-state index contributed by atoms with van der Waals surface area (Å²) >= 11 is 0. The van der Waals surface area contributed by atoms with Crippen molar-refractivity contribution in [2.75, 3.05) is 13.7 Å². The zero-order chi connectivity index (χ0) is 14.4. The van der Waals surface area contributed by atoms with Crippen LogP contribution in [-0.2, 0) is 13.1 Å². The van der Waals surface area contributed by atoms with Crippen molar-refractivity contribution in [1.29, 1.82) is 0 Å². The molecule has 7 nitrogen and oxygen atoms in total. The SMILES string of the molecule is COc1ccc([N+](=O)[O-])cc1CNCCn1ccnc1. The molecule has 0 bridgehead atoms. The van der Waals surface area contributed by atoms with E-state index in [0.29, 0.717) is 12.3 Å². The predicted octanol–water partition coefficient (Wildman–Crippen LogP) is 1.59. The van der Waals surface area contributed by atoms with Crippen molar-refractivity contribution < 1.29 is 9.66 Å². The largest absolute Gasteiger partial charge is 0.496 e. The number of nitrogens with zero attached hydrogens (tertiary/aromatic N) is 3. The molecule has 1 heterocycles. The Balaban J connectivity index is 1.93. The molecule has 0 aliphatic rings. The van der Waals surface area contributed by atoms with Crippen LogP contribution in [0.5, 0.6) is 5.75 Å². The predicted molar refractivity (Wildman–Crippen MR) is 73.6 cm³/mol. The molecule has 1 aromatic carbocycles. The van der Waals surface area contributed by atoms with E-state index in [1.165, 1.54) is 12.1 Å². The van der Waals surface area contributed by atoms with Crippen molar-refractivity contribution >= 4 is 5.69 Å². The summed E-state index contributed by atoms with van der Waals surface area (Å²) in [5.74, 6) is 0.644. The van der Waals surface area contributed by atoms with Crippen LogP contribution in [0.1, 0.15) is 5.56 Å². The first-order chi connectivity index (χ1) is 9.70. The molecule has 0 spiro atoms. The molecule has 1 aromatic heterocycles. The number of rotatable bonds is 7. The van der Waals surface area contributed by atoms with Gasteiger partial charge in [0.15, 0.2) is 0 Å². The second-order valence-electron chi connectivity index (χ2n) is 4.23. The van der Waals surface area contributed by atoms with E-state index in [2.05, 4.69) is 10.3 Å². The molecule has 1 N–H and O–H groups in total. The smallest absolute Gasteiger partial charge is 0.270 e. The Hall–Kier alpha value is -2.41. The number of imidazole rings is 1. The van der Waals surface area contributed by atoms with Gasteiger partial charge in [0.25, 0.3) is 5.69 Å². The van der Waals surface area contributed by atoms with Gasteiger partial charge in [0.2, 0.25) is 0 Å². The molecule has 0 saturated heterocycles. The lowest BCUT2D eigenvalue weighted by Crippen LogP contribution is -2.19. The highest BCUT2D eigenvalue weighted by Gasteiger charge is 2.10. The molecule has 0 saturated carbocycles. The van der Waals surface area contributed by atoms with Crippen LogP contribution in [0.3, 0.4) is 0 Å². The number of nitrogens with one attached hydrogen (secondary N) is 1. The van der Waals surface area contributed by atoms with E-state index < -0.39 is 4.92 Å². The highest BCUT2D eigenvalue weighted by molar-refractivity contribution is 5.43. The van der Waals surface area contributed by atoms with Gasteiger partial charge in [-0.2, -0.15) is 0 Å². The molecule has 7 heteroatoms. The summed E-state index contributed by atoms with van der Waals surface area (Å²) in [6.07, 6.45) is 5.36. The minimum absolute atomic E-state index is 0.0669. The molecule has 0 amide bonds. The van der Waals surface area contributed by atoms with Gasteiger partial charge in [-0.25, -0.2) is 4.98 Å². The van der Waals surface area contributed by atoms with Gasteiger partial charge in [-0.15, -0.1) is 0 Å². The standard InChI is InChI=1S/C13H16N4O3/c1-20-13-3-2-12(17(18)19)8-11(13)9-14-4-6-16-7-5-15-10-16/h2-3,5,7-8,10,14H,4,6,9H2,1H3. The second-order valence-corrected chi connectivity index (χ2v) is 4.23. The molecule has 0 fully saturated rings. The van der Waals surface area contributed by atoms with Crippen molar-refractivity contribution in [3.8, 4) is 5.75 Å². The first kappa shape index (κ1) is 14.0. The van der Waals surface area contributed by atoms with Crippen molar-refractivity contribution in [3.63, 3.8) is 0 Å². The maximum atomic E-state index is 10.8. The molecule has 0 aliphatic heterocycles. The number of hydrogen-bond donors (Lipinski definition) is 1. The molecular formula is C13H16N4O3. The Morgan fingerprint density at radius 1 is 1.50 bits per heavy atom. The average molecular weight is 276 g/mol. The fourth-order valence-electron chi connectivity index (χ4n) is 1.87. The molecular weight excluding hydrogens is 260 g/mol. The molecule has 106 valence electrons. The number of ether oxygens (including phenoxy) is 1. The van der Waals surface area contributed by atoms with Crippen LogP contribution < -0.4 is 10.1 Å². The summed E-state index contributed by atoms with van der Waals surface area (Å²) in [5.41, 5.74) is 0.838. The maximum absolute atomic E-state index is 10.8. The van der Waals surface area contributed by atoms with Crippen LogP contribution in [0.25, 0.3) is 0 Å². The lowest BCUT2D eigenvalue weighted by molar-refractivity contribution is -0.384. The first-order valence-electron chi connectivity index (χ1n) is 6.18. The highest BCUT2D eigenvalue weighted by atomic mass is 16.6. The Morgan fingerprint density at radius 2 is 2.35 bits per heavy atom. The fourth-order valence-corrected chi connectivity index (χ4v) is 1.87. The third-order valence-corrected chi connectivity index (χ3v) is 2.90. The maximum Gasteiger partial charge on any atom is 0.270 e. The number of nitro groups is 1. The number of benzene rings is 1. The Bertz CT molecular complexity index is 569. The Labute approximate surface area is 116 Å². The molecule has 0 radical (unpaired) electrons. The quantitative estimate of drug-likeness (QED) is 0.472. The molecule has 0 aliphatic carbocycles. The van der Waals surface area contributed by atoms with Gasteiger partial charge in [0, 0.05) is 49.7 Å². The van der Waals surface area contributed by atoms with Crippen molar-refractivity contribution in [2.45, 2.75) is 13.1 Å². The van der Waals surface area contributed by atoms with E-state index in [9.17, 15) is 10.1 Å². The van der Waals surface area contributed by atoms with E-state index in [0.717, 1.165) is 18.7 Å². The average Bonchev–Trinajstić information content (AvgIpc) is 2.96. The number of aromatic nitrogens is 2.